The van der Waals surface area contributed by atoms with Crippen molar-refractivity contribution in [2.24, 2.45) is 0 Å². The molecule has 3 aromatic rings. The van der Waals surface area contributed by atoms with Crippen molar-refractivity contribution in [3.63, 3.8) is 0 Å². The van der Waals surface area contributed by atoms with Crippen LogP contribution < -0.4 is 10.9 Å². The fraction of sp³-hybridized carbons (Fsp3) is 0.440. The Bertz CT molecular complexity index is 1310. The third kappa shape index (κ3) is 4.63. The molecule has 9 heteroatoms. The number of H-pyrrole nitrogens is 1. The zero-order chi connectivity index (χ0) is 23.7. The first-order valence-electron chi connectivity index (χ1n) is 11.8. The number of aromatic amines is 1. The van der Waals surface area contributed by atoms with Crippen molar-refractivity contribution < 1.29 is 9.59 Å². The first kappa shape index (κ1) is 23.1. The van der Waals surface area contributed by atoms with Crippen LogP contribution in [0.15, 0.2) is 23.0 Å². The number of nitrogens with zero attached hydrogens (tertiary/aromatic N) is 2. The zero-order valence-corrected chi connectivity index (χ0v) is 20.9. The number of aryl methyl sites for hydroxylation is 3. The van der Waals surface area contributed by atoms with E-state index >= 15 is 0 Å². The normalized spacial score (nSPS) is 15.1. The molecule has 0 spiro atoms. The van der Waals surface area contributed by atoms with Gasteiger partial charge in [-0.2, -0.15) is 11.8 Å². The number of aromatic nitrogens is 2. The molecule has 2 N–H and O–H groups in total. The van der Waals surface area contributed by atoms with Crippen LogP contribution in [0.1, 0.15) is 57.9 Å². The second-order valence-corrected chi connectivity index (χ2v) is 11.1. The van der Waals surface area contributed by atoms with Crippen molar-refractivity contribution in [3.8, 4) is 0 Å². The van der Waals surface area contributed by atoms with Gasteiger partial charge in [0.25, 0.3) is 11.5 Å². The molecule has 5 rings (SSSR count). The summed E-state index contributed by atoms with van der Waals surface area (Å²) in [6.07, 6.45) is 5.50. The van der Waals surface area contributed by atoms with Gasteiger partial charge in [0.2, 0.25) is 5.91 Å². The van der Waals surface area contributed by atoms with Gasteiger partial charge in [-0.1, -0.05) is 12.1 Å². The lowest BCUT2D eigenvalue weighted by atomic mass is 10.0. The Labute approximate surface area is 206 Å². The fourth-order valence-electron chi connectivity index (χ4n) is 4.80. The lowest BCUT2D eigenvalue weighted by Crippen LogP contribution is -2.29. The molecular weight excluding hydrogens is 468 g/mol. The maximum atomic E-state index is 13.0. The molecule has 1 saturated heterocycles. The van der Waals surface area contributed by atoms with Gasteiger partial charge in [-0.3, -0.25) is 14.4 Å². The Morgan fingerprint density at radius 1 is 1.21 bits per heavy atom. The standard InChI is InChI=1S/C25H28N4O3S2/c1-15-6-4-8-17(21(15)25(32)29-11-2-3-12-29)26-20(30)10-13-33-14-19-27-23(31)22-16-7-5-9-18(16)34-24(22)28-19/h4,6,8H,2-3,5,7,9-14H2,1H3,(H,26,30)(H,27,28,31). The molecule has 0 bridgehead atoms. The second-order valence-electron chi connectivity index (χ2n) is 8.90. The lowest BCUT2D eigenvalue weighted by molar-refractivity contribution is -0.115. The fourth-order valence-corrected chi connectivity index (χ4v) is 6.88. The number of likely N-dealkylation sites (tertiary alicyclic amines) is 1. The number of hydrogen-bond donors (Lipinski definition) is 2. The van der Waals surface area contributed by atoms with Crippen LogP contribution in [-0.2, 0) is 23.4 Å². The average Bonchev–Trinajstić information content (AvgIpc) is 3.54. The number of thioether (sulfide) groups is 1. The summed E-state index contributed by atoms with van der Waals surface area (Å²) in [4.78, 5) is 49.8. The van der Waals surface area contributed by atoms with E-state index in [1.54, 1.807) is 29.2 Å². The first-order chi connectivity index (χ1) is 16.5. The molecular formula is C25H28N4O3S2. The highest BCUT2D eigenvalue weighted by Crippen LogP contribution is 2.34. The predicted molar refractivity (Wildman–Crippen MR) is 138 cm³/mol. The summed E-state index contributed by atoms with van der Waals surface area (Å²) in [5.41, 5.74) is 3.17. The molecule has 1 aliphatic heterocycles. The molecule has 0 atom stereocenters. The van der Waals surface area contributed by atoms with E-state index in [1.807, 2.05) is 24.0 Å². The van der Waals surface area contributed by atoms with Crippen LogP contribution in [0.5, 0.6) is 0 Å². The Balaban J connectivity index is 1.17. The summed E-state index contributed by atoms with van der Waals surface area (Å²) in [6.45, 7) is 3.45. The second kappa shape index (κ2) is 9.92. The molecule has 0 radical (unpaired) electrons. The monoisotopic (exact) mass is 496 g/mol. The van der Waals surface area contributed by atoms with Gasteiger partial charge in [0, 0.05) is 30.1 Å². The van der Waals surface area contributed by atoms with Crippen LogP contribution in [0.25, 0.3) is 10.2 Å². The predicted octanol–water partition coefficient (Wildman–Crippen LogP) is 4.28. The van der Waals surface area contributed by atoms with Crippen molar-refractivity contribution in [2.45, 2.75) is 51.2 Å². The van der Waals surface area contributed by atoms with Crippen molar-refractivity contribution >= 4 is 50.8 Å². The van der Waals surface area contributed by atoms with Crippen molar-refractivity contribution in [1.82, 2.24) is 14.9 Å². The Kier molecular flexibility index (Phi) is 6.74. The number of rotatable bonds is 7. The number of amides is 2. The molecule has 7 nitrogen and oxygen atoms in total. The number of benzene rings is 1. The number of thiophene rings is 1. The topological polar surface area (TPSA) is 95.2 Å². The molecule has 2 amide bonds. The van der Waals surface area contributed by atoms with E-state index in [9.17, 15) is 14.4 Å². The average molecular weight is 497 g/mol. The summed E-state index contributed by atoms with van der Waals surface area (Å²) in [5, 5.41) is 3.70. The quantitative estimate of drug-likeness (QED) is 0.476. The van der Waals surface area contributed by atoms with Gasteiger partial charge in [-0.05, 0) is 56.2 Å². The number of carbonyl (C=O) groups excluding carboxylic acids is 2. The SMILES string of the molecule is Cc1cccc(NC(=O)CCSCc2nc3sc4c(c3c(=O)[nH]2)CCC4)c1C(=O)N1CCCC1. The molecule has 34 heavy (non-hydrogen) atoms. The van der Waals surface area contributed by atoms with E-state index in [-0.39, 0.29) is 17.4 Å². The summed E-state index contributed by atoms with van der Waals surface area (Å²) in [5.74, 6) is 1.66. The van der Waals surface area contributed by atoms with Crippen LogP contribution in [0, 0.1) is 6.92 Å². The van der Waals surface area contributed by atoms with Gasteiger partial charge in [-0.15, -0.1) is 11.3 Å². The number of fused-ring (bicyclic) bond motifs is 3. The Morgan fingerprint density at radius 3 is 2.85 bits per heavy atom. The summed E-state index contributed by atoms with van der Waals surface area (Å²) < 4.78 is 0. The zero-order valence-electron chi connectivity index (χ0n) is 19.2. The van der Waals surface area contributed by atoms with Gasteiger partial charge in [-0.25, -0.2) is 4.98 Å². The van der Waals surface area contributed by atoms with Gasteiger partial charge >= 0.3 is 0 Å². The minimum atomic E-state index is -0.125. The van der Waals surface area contributed by atoms with Crippen molar-refractivity contribution in [2.75, 3.05) is 24.2 Å². The van der Waals surface area contributed by atoms with E-state index in [0.29, 0.717) is 35.0 Å². The first-order valence-corrected chi connectivity index (χ1v) is 13.8. The van der Waals surface area contributed by atoms with Gasteiger partial charge in [0.05, 0.1) is 22.4 Å². The highest BCUT2D eigenvalue weighted by Gasteiger charge is 2.24. The number of hydrogen-bond acceptors (Lipinski definition) is 6. The highest BCUT2D eigenvalue weighted by molar-refractivity contribution is 7.98. The maximum absolute atomic E-state index is 13.0. The summed E-state index contributed by atoms with van der Waals surface area (Å²) in [6, 6.07) is 5.56. The van der Waals surface area contributed by atoms with E-state index in [1.165, 1.54) is 10.4 Å². The van der Waals surface area contributed by atoms with E-state index in [4.69, 9.17) is 0 Å². The maximum Gasteiger partial charge on any atom is 0.259 e. The van der Waals surface area contributed by atoms with Gasteiger partial charge in [0.1, 0.15) is 10.7 Å². The number of nitrogens with one attached hydrogen (secondary N) is 2. The van der Waals surface area contributed by atoms with E-state index < -0.39 is 0 Å². The van der Waals surface area contributed by atoms with Crippen LogP contribution in [0.4, 0.5) is 5.69 Å². The third-order valence-corrected chi connectivity index (χ3v) is 8.65. The smallest absolute Gasteiger partial charge is 0.259 e. The summed E-state index contributed by atoms with van der Waals surface area (Å²) >= 11 is 3.20. The lowest BCUT2D eigenvalue weighted by Gasteiger charge is -2.19. The van der Waals surface area contributed by atoms with Crippen molar-refractivity contribution in [3.05, 3.63) is 55.9 Å². The molecule has 2 aliphatic rings. The van der Waals surface area contributed by atoms with Gasteiger partial charge < -0.3 is 15.2 Å². The van der Waals surface area contributed by atoms with E-state index in [0.717, 1.165) is 61.0 Å². The summed E-state index contributed by atoms with van der Waals surface area (Å²) in [7, 11) is 0. The largest absolute Gasteiger partial charge is 0.339 e. The molecule has 1 aliphatic carbocycles. The molecule has 3 heterocycles. The molecule has 1 fully saturated rings. The molecule has 0 unspecified atom stereocenters. The molecule has 178 valence electrons. The highest BCUT2D eigenvalue weighted by atomic mass is 32.2. The molecule has 1 aromatic carbocycles. The van der Waals surface area contributed by atoms with E-state index in [2.05, 4.69) is 15.3 Å². The minimum Gasteiger partial charge on any atom is -0.339 e. The minimum absolute atomic E-state index is 0.00903. The van der Waals surface area contributed by atoms with Crippen LogP contribution >= 0.6 is 23.1 Å². The molecule has 0 saturated carbocycles. The van der Waals surface area contributed by atoms with Crippen LogP contribution in [0.3, 0.4) is 0 Å². The number of anilines is 1. The van der Waals surface area contributed by atoms with Gasteiger partial charge in [0.15, 0.2) is 0 Å². The third-order valence-electron chi connectivity index (χ3n) is 6.49. The number of carbonyl (C=O) groups is 2. The molecule has 2 aromatic heterocycles. The Hall–Kier alpha value is -2.65. The van der Waals surface area contributed by atoms with Crippen LogP contribution in [0.2, 0.25) is 0 Å². The Morgan fingerprint density at radius 2 is 2.03 bits per heavy atom. The van der Waals surface area contributed by atoms with Crippen LogP contribution in [-0.4, -0.2) is 45.5 Å². The van der Waals surface area contributed by atoms with Crippen molar-refractivity contribution in [1.29, 1.82) is 0 Å².